The summed E-state index contributed by atoms with van der Waals surface area (Å²) in [5, 5.41) is 9.47. The number of pyridine rings is 1. The van der Waals surface area contributed by atoms with Crippen molar-refractivity contribution in [3.63, 3.8) is 0 Å². The molecule has 7 heteroatoms. The fourth-order valence-corrected chi connectivity index (χ4v) is 2.64. The number of aromatic carboxylic acids is 1. The second-order valence-electron chi connectivity index (χ2n) is 5.01. The number of imidazole rings is 1. The lowest BCUT2D eigenvalue weighted by Crippen LogP contribution is -2.48. The van der Waals surface area contributed by atoms with Crippen molar-refractivity contribution in [2.75, 3.05) is 31.1 Å². The lowest BCUT2D eigenvalue weighted by molar-refractivity contribution is -0.129. The fraction of sp³-hybridized carbons (Fsp3) is 0.357. The number of piperazine rings is 1. The van der Waals surface area contributed by atoms with E-state index in [0.717, 1.165) is 0 Å². The summed E-state index contributed by atoms with van der Waals surface area (Å²) in [5.41, 5.74) is 0.778. The molecule has 3 rings (SSSR count). The van der Waals surface area contributed by atoms with Crippen molar-refractivity contribution in [3.8, 4) is 0 Å². The third kappa shape index (κ3) is 2.31. The molecule has 0 aliphatic carbocycles. The molecule has 0 aromatic carbocycles. The normalized spacial score (nSPS) is 15.5. The van der Waals surface area contributed by atoms with Gasteiger partial charge >= 0.3 is 5.97 Å². The van der Waals surface area contributed by atoms with E-state index in [9.17, 15) is 14.7 Å². The molecule has 1 aliphatic rings. The Morgan fingerprint density at radius 1 is 1.19 bits per heavy atom. The van der Waals surface area contributed by atoms with Crippen LogP contribution >= 0.6 is 0 Å². The van der Waals surface area contributed by atoms with Gasteiger partial charge in [-0.2, -0.15) is 0 Å². The minimum atomic E-state index is -1.00. The standard InChI is InChI=1S/C14H16N4O3/c1-10(19)16-6-8-17(9-7-16)13-12(14(20)21)18-5-3-2-4-11(18)15-13/h2-5H,6-9H2,1H3,(H,20,21). The molecule has 0 spiro atoms. The molecule has 1 amide bonds. The summed E-state index contributed by atoms with van der Waals surface area (Å²) in [6.07, 6.45) is 1.70. The van der Waals surface area contributed by atoms with Crippen LogP contribution in [0.1, 0.15) is 17.4 Å². The Hall–Kier alpha value is -2.57. The van der Waals surface area contributed by atoms with Crippen molar-refractivity contribution in [2.24, 2.45) is 0 Å². The molecule has 1 N–H and O–H groups in total. The Kier molecular flexibility index (Phi) is 3.25. The average Bonchev–Trinajstić information content (AvgIpc) is 2.86. The highest BCUT2D eigenvalue weighted by Gasteiger charge is 2.26. The Morgan fingerprint density at radius 3 is 2.52 bits per heavy atom. The van der Waals surface area contributed by atoms with Crippen LogP contribution in [0.4, 0.5) is 5.82 Å². The van der Waals surface area contributed by atoms with Gasteiger partial charge in [0.2, 0.25) is 5.91 Å². The molecular weight excluding hydrogens is 272 g/mol. The van der Waals surface area contributed by atoms with E-state index in [1.54, 1.807) is 34.6 Å². The number of aromatic nitrogens is 2. The van der Waals surface area contributed by atoms with Gasteiger partial charge in [0, 0.05) is 39.3 Å². The van der Waals surface area contributed by atoms with Gasteiger partial charge in [-0.3, -0.25) is 9.20 Å². The van der Waals surface area contributed by atoms with Gasteiger partial charge in [-0.15, -0.1) is 0 Å². The first-order valence-corrected chi connectivity index (χ1v) is 6.79. The highest BCUT2D eigenvalue weighted by molar-refractivity contribution is 5.93. The molecule has 0 saturated carbocycles. The van der Waals surface area contributed by atoms with Gasteiger partial charge in [0.05, 0.1) is 0 Å². The van der Waals surface area contributed by atoms with Crippen LogP contribution in [0.15, 0.2) is 24.4 Å². The van der Waals surface area contributed by atoms with Crippen LogP contribution < -0.4 is 4.90 Å². The fourth-order valence-electron chi connectivity index (χ4n) is 2.64. The van der Waals surface area contributed by atoms with Crippen LogP contribution in [0.5, 0.6) is 0 Å². The first kappa shape index (κ1) is 13.4. The Balaban J connectivity index is 1.96. The third-order valence-electron chi connectivity index (χ3n) is 3.74. The summed E-state index contributed by atoms with van der Waals surface area (Å²) in [6, 6.07) is 5.38. The van der Waals surface area contributed by atoms with Gasteiger partial charge in [-0.1, -0.05) is 6.07 Å². The topological polar surface area (TPSA) is 78.2 Å². The molecule has 1 fully saturated rings. The maximum atomic E-state index is 11.6. The molecule has 0 radical (unpaired) electrons. The average molecular weight is 288 g/mol. The highest BCUT2D eigenvalue weighted by atomic mass is 16.4. The van der Waals surface area contributed by atoms with Crippen molar-refractivity contribution < 1.29 is 14.7 Å². The van der Waals surface area contributed by atoms with Crippen molar-refractivity contribution >= 4 is 23.3 Å². The van der Waals surface area contributed by atoms with Gasteiger partial charge < -0.3 is 14.9 Å². The van der Waals surface area contributed by atoms with Crippen molar-refractivity contribution in [2.45, 2.75) is 6.92 Å². The van der Waals surface area contributed by atoms with Crippen molar-refractivity contribution in [1.82, 2.24) is 14.3 Å². The first-order chi connectivity index (χ1) is 10.1. The number of nitrogens with zero attached hydrogens (tertiary/aromatic N) is 4. The number of fused-ring (bicyclic) bond motifs is 1. The summed E-state index contributed by atoms with van der Waals surface area (Å²) < 4.78 is 1.58. The van der Waals surface area contributed by atoms with E-state index in [-0.39, 0.29) is 11.6 Å². The second kappa shape index (κ2) is 5.08. The van der Waals surface area contributed by atoms with Crippen molar-refractivity contribution in [1.29, 1.82) is 0 Å². The van der Waals surface area contributed by atoms with Crippen LogP contribution in [0.25, 0.3) is 5.65 Å². The Labute approximate surface area is 121 Å². The summed E-state index contributed by atoms with van der Waals surface area (Å²) in [5.74, 6) is -0.488. The largest absolute Gasteiger partial charge is 0.476 e. The minimum absolute atomic E-state index is 0.0445. The second-order valence-corrected chi connectivity index (χ2v) is 5.01. The molecule has 0 bridgehead atoms. The summed E-state index contributed by atoms with van der Waals surface area (Å²) in [6.45, 7) is 3.89. The quantitative estimate of drug-likeness (QED) is 0.880. The van der Waals surface area contributed by atoms with Gasteiger partial charge in [0.25, 0.3) is 0 Å². The van der Waals surface area contributed by atoms with Crippen LogP contribution in [0.2, 0.25) is 0 Å². The molecule has 0 unspecified atom stereocenters. The monoisotopic (exact) mass is 288 g/mol. The number of carbonyl (C=O) groups is 2. The third-order valence-corrected chi connectivity index (χ3v) is 3.74. The number of carboxylic acids is 1. The number of hydrogen-bond donors (Lipinski definition) is 1. The summed E-state index contributed by atoms with van der Waals surface area (Å²) in [4.78, 5) is 31.0. The molecule has 110 valence electrons. The SMILES string of the molecule is CC(=O)N1CCN(c2nc3ccccn3c2C(=O)O)CC1. The molecule has 1 saturated heterocycles. The zero-order valence-electron chi connectivity index (χ0n) is 11.7. The summed E-state index contributed by atoms with van der Waals surface area (Å²) in [7, 11) is 0. The Morgan fingerprint density at radius 2 is 1.90 bits per heavy atom. The van der Waals surface area contributed by atoms with E-state index < -0.39 is 5.97 Å². The van der Waals surface area contributed by atoms with Crippen LogP contribution in [-0.4, -0.2) is 57.4 Å². The number of anilines is 1. The van der Waals surface area contributed by atoms with Crippen LogP contribution in [-0.2, 0) is 4.79 Å². The molecule has 1 aliphatic heterocycles. The molecule has 2 aromatic heterocycles. The minimum Gasteiger partial charge on any atom is -0.476 e. The zero-order valence-corrected chi connectivity index (χ0v) is 11.7. The first-order valence-electron chi connectivity index (χ1n) is 6.79. The molecule has 2 aromatic rings. The zero-order chi connectivity index (χ0) is 15.0. The smallest absolute Gasteiger partial charge is 0.356 e. The van der Waals surface area contributed by atoms with Gasteiger partial charge in [-0.25, -0.2) is 9.78 Å². The molecule has 7 nitrogen and oxygen atoms in total. The lowest BCUT2D eigenvalue weighted by Gasteiger charge is -2.34. The number of carbonyl (C=O) groups excluding carboxylic acids is 1. The molecular formula is C14H16N4O3. The van der Waals surface area contributed by atoms with E-state index in [1.165, 1.54) is 0 Å². The number of rotatable bonds is 2. The number of amides is 1. The molecule has 21 heavy (non-hydrogen) atoms. The molecule has 3 heterocycles. The predicted octanol–water partition coefficient (Wildman–Crippen LogP) is 0.701. The van der Waals surface area contributed by atoms with Gasteiger partial charge in [0.15, 0.2) is 11.5 Å². The summed E-state index contributed by atoms with van der Waals surface area (Å²) >= 11 is 0. The van der Waals surface area contributed by atoms with E-state index in [1.807, 2.05) is 11.0 Å². The van der Waals surface area contributed by atoms with E-state index in [4.69, 9.17) is 0 Å². The van der Waals surface area contributed by atoms with Gasteiger partial charge in [-0.05, 0) is 12.1 Å². The van der Waals surface area contributed by atoms with E-state index in [2.05, 4.69) is 4.98 Å². The van der Waals surface area contributed by atoms with E-state index >= 15 is 0 Å². The van der Waals surface area contributed by atoms with Crippen LogP contribution in [0.3, 0.4) is 0 Å². The molecule has 0 atom stereocenters. The highest BCUT2D eigenvalue weighted by Crippen LogP contribution is 2.23. The number of carboxylic acid groups (broad SMARTS) is 1. The van der Waals surface area contributed by atoms with Crippen molar-refractivity contribution in [3.05, 3.63) is 30.1 Å². The Bertz CT molecular complexity index is 701. The van der Waals surface area contributed by atoms with Gasteiger partial charge in [0.1, 0.15) is 5.65 Å². The van der Waals surface area contributed by atoms with Crippen LogP contribution in [0, 0.1) is 0 Å². The number of hydrogen-bond acceptors (Lipinski definition) is 4. The maximum Gasteiger partial charge on any atom is 0.356 e. The maximum absolute atomic E-state index is 11.6. The van der Waals surface area contributed by atoms with E-state index in [0.29, 0.717) is 37.6 Å². The lowest BCUT2D eigenvalue weighted by atomic mass is 10.3. The predicted molar refractivity (Wildman–Crippen MR) is 76.6 cm³/mol.